The fourth-order valence-electron chi connectivity index (χ4n) is 2.63. The van der Waals surface area contributed by atoms with Crippen molar-refractivity contribution in [2.45, 2.75) is 20.8 Å². The van der Waals surface area contributed by atoms with Crippen LogP contribution >= 0.6 is 0 Å². The number of nitriles is 1. The van der Waals surface area contributed by atoms with E-state index < -0.39 is 0 Å². The Labute approximate surface area is 131 Å². The summed E-state index contributed by atoms with van der Waals surface area (Å²) in [4.78, 5) is 14.0. The van der Waals surface area contributed by atoms with Crippen LogP contribution in [0.4, 0.5) is 5.69 Å². The molecule has 22 heavy (non-hydrogen) atoms. The molecule has 5 heteroatoms. The van der Waals surface area contributed by atoms with Crippen LogP contribution in [0.15, 0.2) is 23.9 Å². The Bertz CT molecular complexity index is 615. The van der Waals surface area contributed by atoms with Gasteiger partial charge in [0.25, 0.3) is 5.91 Å². The fraction of sp³-hybridized carbons (Fsp3) is 0.412. The molecule has 0 aromatic heterocycles. The van der Waals surface area contributed by atoms with Gasteiger partial charge >= 0.3 is 0 Å². The molecule has 1 heterocycles. The summed E-state index contributed by atoms with van der Waals surface area (Å²) in [5.41, 5.74) is 4.42. The number of anilines is 1. The highest BCUT2D eigenvalue weighted by molar-refractivity contribution is 5.97. The monoisotopic (exact) mass is 299 g/mol. The van der Waals surface area contributed by atoms with E-state index in [1.165, 1.54) is 11.8 Å². The van der Waals surface area contributed by atoms with Crippen molar-refractivity contribution in [3.63, 3.8) is 0 Å². The van der Waals surface area contributed by atoms with Gasteiger partial charge in [-0.05, 0) is 31.9 Å². The smallest absolute Gasteiger partial charge is 0.266 e. The van der Waals surface area contributed by atoms with Crippen LogP contribution in [0, 0.1) is 32.1 Å². The van der Waals surface area contributed by atoms with Crippen molar-refractivity contribution >= 4 is 11.6 Å². The molecule has 0 atom stereocenters. The fourth-order valence-corrected chi connectivity index (χ4v) is 2.63. The molecule has 5 nitrogen and oxygen atoms in total. The maximum atomic E-state index is 12.3. The van der Waals surface area contributed by atoms with Gasteiger partial charge in [0.2, 0.25) is 0 Å². The van der Waals surface area contributed by atoms with Crippen LogP contribution in [0.3, 0.4) is 0 Å². The third kappa shape index (κ3) is 3.66. The minimum absolute atomic E-state index is 0.112. The van der Waals surface area contributed by atoms with Crippen LogP contribution < -0.4 is 5.32 Å². The second-order valence-electron chi connectivity index (χ2n) is 5.49. The highest BCUT2D eigenvalue weighted by Crippen LogP contribution is 2.22. The second-order valence-corrected chi connectivity index (χ2v) is 5.49. The molecule has 0 aliphatic carbocycles. The first kappa shape index (κ1) is 16.1. The Morgan fingerprint density at radius 3 is 2.41 bits per heavy atom. The van der Waals surface area contributed by atoms with E-state index in [-0.39, 0.29) is 11.5 Å². The highest BCUT2D eigenvalue weighted by Gasteiger charge is 2.20. The molecule has 1 fully saturated rings. The van der Waals surface area contributed by atoms with Gasteiger partial charge in [-0.2, -0.15) is 5.26 Å². The Kier molecular flexibility index (Phi) is 5.18. The van der Waals surface area contributed by atoms with Gasteiger partial charge in [-0.3, -0.25) is 4.79 Å². The number of morpholine rings is 1. The van der Waals surface area contributed by atoms with E-state index in [1.807, 2.05) is 26.8 Å². The largest absolute Gasteiger partial charge is 0.378 e. The minimum Gasteiger partial charge on any atom is -0.378 e. The van der Waals surface area contributed by atoms with Gasteiger partial charge in [0.05, 0.1) is 13.2 Å². The number of hydrogen-bond acceptors (Lipinski definition) is 4. The number of carbonyl (C=O) groups is 1. The number of ether oxygens (including phenoxy) is 1. The van der Waals surface area contributed by atoms with Crippen LogP contribution in [-0.4, -0.2) is 37.1 Å². The maximum absolute atomic E-state index is 12.3. The summed E-state index contributed by atoms with van der Waals surface area (Å²) in [6.45, 7) is 8.16. The lowest BCUT2D eigenvalue weighted by atomic mass is 10.1. The summed E-state index contributed by atoms with van der Waals surface area (Å²) in [5, 5.41) is 12.4. The summed E-state index contributed by atoms with van der Waals surface area (Å²) < 4.78 is 5.22. The average molecular weight is 299 g/mol. The van der Waals surface area contributed by atoms with Gasteiger partial charge < -0.3 is 15.0 Å². The molecule has 0 saturated carbocycles. The molecule has 0 unspecified atom stereocenters. The summed E-state index contributed by atoms with van der Waals surface area (Å²) in [6.07, 6.45) is 1.50. The van der Waals surface area contributed by atoms with Crippen molar-refractivity contribution < 1.29 is 9.53 Å². The van der Waals surface area contributed by atoms with Crippen LogP contribution in [0.5, 0.6) is 0 Å². The van der Waals surface area contributed by atoms with Crippen LogP contribution in [0.2, 0.25) is 0 Å². The molecule has 1 saturated heterocycles. The zero-order chi connectivity index (χ0) is 16.1. The molecular weight excluding hydrogens is 278 g/mol. The molecule has 1 aromatic carbocycles. The van der Waals surface area contributed by atoms with E-state index in [9.17, 15) is 10.1 Å². The summed E-state index contributed by atoms with van der Waals surface area (Å²) in [6, 6.07) is 6.12. The molecule has 1 aromatic rings. The molecule has 1 amide bonds. The molecule has 1 N–H and O–H groups in total. The van der Waals surface area contributed by atoms with Gasteiger partial charge in [-0.15, -0.1) is 0 Å². The first-order valence-corrected chi connectivity index (χ1v) is 7.34. The number of benzene rings is 1. The third-order valence-corrected chi connectivity index (χ3v) is 3.69. The van der Waals surface area contributed by atoms with Gasteiger partial charge in [0.15, 0.2) is 0 Å². The predicted octanol–water partition coefficient (Wildman–Crippen LogP) is 2.29. The lowest BCUT2D eigenvalue weighted by Crippen LogP contribution is -2.41. The Morgan fingerprint density at radius 1 is 1.27 bits per heavy atom. The molecule has 1 aliphatic rings. The number of aryl methyl sites for hydroxylation is 3. The number of carbonyl (C=O) groups excluding carboxylic acids is 1. The normalized spacial score (nSPS) is 15.4. The standard InChI is InChI=1S/C17H21N3O2/c1-12-8-13(2)16(14(3)9-12)19-11-15(10-18)17(21)20-4-6-22-7-5-20/h8-9,11,19H,4-7H2,1-3H3/b15-11-. The van der Waals surface area contributed by atoms with Gasteiger partial charge in [0, 0.05) is 25.0 Å². The quantitative estimate of drug-likeness (QED) is 0.687. The van der Waals surface area contributed by atoms with E-state index in [0.29, 0.717) is 26.3 Å². The zero-order valence-electron chi connectivity index (χ0n) is 13.3. The summed E-state index contributed by atoms with van der Waals surface area (Å²) in [5.74, 6) is -0.249. The van der Waals surface area contributed by atoms with Crippen molar-refractivity contribution in [3.8, 4) is 6.07 Å². The minimum atomic E-state index is -0.249. The molecule has 0 spiro atoms. The molecule has 1 aliphatic heterocycles. The molecule has 116 valence electrons. The number of rotatable bonds is 3. The topological polar surface area (TPSA) is 65.4 Å². The van der Waals surface area contributed by atoms with Crippen molar-refractivity contribution in [3.05, 3.63) is 40.6 Å². The van der Waals surface area contributed by atoms with Crippen molar-refractivity contribution in [2.24, 2.45) is 0 Å². The van der Waals surface area contributed by atoms with Crippen LogP contribution in [0.25, 0.3) is 0 Å². The van der Waals surface area contributed by atoms with Crippen LogP contribution in [-0.2, 0) is 9.53 Å². The number of hydrogen-bond donors (Lipinski definition) is 1. The molecule has 2 rings (SSSR count). The van der Waals surface area contributed by atoms with Crippen molar-refractivity contribution in [1.82, 2.24) is 4.90 Å². The number of nitrogens with one attached hydrogen (secondary N) is 1. The summed E-state index contributed by atoms with van der Waals surface area (Å²) in [7, 11) is 0. The van der Waals surface area contributed by atoms with E-state index in [0.717, 1.165) is 16.8 Å². The average Bonchev–Trinajstić information content (AvgIpc) is 2.50. The first-order valence-electron chi connectivity index (χ1n) is 7.34. The third-order valence-electron chi connectivity index (χ3n) is 3.69. The Balaban J connectivity index is 2.16. The van der Waals surface area contributed by atoms with Gasteiger partial charge in [-0.25, -0.2) is 0 Å². The van der Waals surface area contributed by atoms with E-state index in [1.54, 1.807) is 4.90 Å². The lowest BCUT2D eigenvalue weighted by molar-refractivity contribution is -0.130. The maximum Gasteiger partial charge on any atom is 0.266 e. The Hall–Kier alpha value is -2.32. The van der Waals surface area contributed by atoms with E-state index >= 15 is 0 Å². The van der Waals surface area contributed by atoms with E-state index in [2.05, 4.69) is 17.4 Å². The van der Waals surface area contributed by atoms with Gasteiger partial charge in [0.1, 0.15) is 11.6 Å². The number of amides is 1. The van der Waals surface area contributed by atoms with Gasteiger partial charge in [-0.1, -0.05) is 17.7 Å². The first-order chi connectivity index (χ1) is 10.5. The molecule has 0 radical (unpaired) electrons. The van der Waals surface area contributed by atoms with Crippen molar-refractivity contribution in [2.75, 3.05) is 31.6 Å². The highest BCUT2D eigenvalue weighted by atomic mass is 16.5. The molecular formula is C17H21N3O2. The summed E-state index contributed by atoms with van der Waals surface area (Å²) >= 11 is 0. The predicted molar refractivity (Wildman–Crippen MR) is 85.4 cm³/mol. The van der Waals surface area contributed by atoms with Crippen LogP contribution in [0.1, 0.15) is 16.7 Å². The number of nitrogens with zero attached hydrogens (tertiary/aromatic N) is 2. The lowest BCUT2D eigenvalue weighted by Gasteiger charge is -2.26. The second kappa shape index (κ2) is 7.10. The van der Waals surface area contributed by atoms with E-state index in [4.69, 9.17) is 4.74 Å². The van der Waals surface area contributed by atoms with Crippen molar-refractivity contribution in [1.29, 1.82) is 5.26 Å². The Morgan fingerprint density at radius 2 is 1.86 bits per heavy atom. The SMILES string of the molecule is Cc1cc(C)c(N/C=C(/C#N)C(=O)N2CCOCC2)c(C)c1. The zero-order valence-corrected chi connectivity index (χ0v) is 13.3. The molecule has 0 bridgehead atoms.